The Hall–Kier alpha value is -2.74. The third-order valence-corrected chi connectivity index (χ3v) is 5.47. The van der Waals surface area contributed by atoms with Gasteiger partial charge in [0.25, 0.3) is 11.1 Å². The van der Waals surface area contributed by atoms with Crippen molar-refractivity contribution in [2.24, 2.45) is 0 Å². The Labute approximate surface area is 167 Å². The molecule has 1 saturated heterocycles. The van der Waals surface area contributed by atoms with E-state index in [4.69, 9.17) is 4.42 Å². The maximum absolute atomic E-state index is 12.7. The summed E-state index contributed by atoms with van der Waals surface area (Å²) in [6, 6.07) is 5.32. The molecule has 2 aromatic rings. The smallest absolute Gasteiger partial charge is 0.373 e. The highest BCUT2D eigenvalue weighted by atomic mass is 32.2. The summed E-state index contributed by atoms with van der Waals surface area (Å²) in [6.07, 6.45) is 1.76. The monoisotopic (exact) mass is 402 g/mol. The van der Waals surface area contributed by atoms with Crippen molar-refractivity contribution in [1.29, 1.82) is 0 Å². The molecule has 0 N–H and O–H groups in total. The molecule has 3 heterocycles. The van der Waals surface area contributed by atoms with E-state index in [1.807, 2.05) is 19.9 Å². The molecule has 7 nitrogen and oxygen atoms in total. The molecule has 0 saturated carbocycles. The number of imide groups is 1. The molecule has 0 aromatic carbocycles. The van der Waals surface area contributed by atoms with Gasteiger partial charge in [0.15, 0.2) is 0 Å². The summed E-state index contributed by atoms with van der Waals surface area (Å²) < 4.78 is 12.1. The van der Waals surface area contributed by atoms with Crippen molar-refractivity contribution in [3.63, 3.8) is 0 Å². The van der Waals surface area contributed by atoms with Crippen LogP contribution in [0.25, 0.3) is 6.08 Å². The standard InChI is InChI=1S/C20H22N2O5S/c1-11(2)22-12(3)8-14(13(22)4)9-17-18(23)21(20(25)28-17)10-15-6-7-16(27-15)19(24)26-5/h6-9,11H,10H2,1-5H3. The predicted molar refractivity (Wildman–Crippen MR) is 106 cm³/mol. The molecule has 2 aromatic heterocycles. The fraction of sp³-hybridized carbons (Fsp3) is 0.350. The van der Waals surface area contributed by atoms with Crippen LogP contribution in [0, 0.1) is 13.8 Å². The van der Waals surface area contributed by atoms with Crippen LogP contribution in [0.15, 0.2) is 27.5 Å². The zero-order valence-electron chi connectivity index (χ0n) is 16.4. The molecule has 0 unspecified atom stereocenters. The van der Waals surface area contributed by atoms with Gasteiger partial charge in [0.2, 0.25) is 5.76 Å². The molecule has 0 radical (unpaired) electrons. The number of ether oxygens (including phenoxy) is 1. The number of aryl methyl sites for hydroxylation is 1. The quantitative estimate of drug-likeness (QED) is 0.548. The van der Waals surface area contributed by atoms with E-state index in [9.17, 15) is 14.4 Å². The first-order valence-electron chi connectivity index (χ1n) is 8.83. The van der Waals surface area contributed by atoms with E-state index in [1.54, 1.807) is 12.1 Å². The first-order chi connectivity index (χ1) is 13.2. The third kappa shape index (κ3) is 3.64. The number of carbonyl (C=O) groups is 3. The number of methoxy groups -OCH3 is 1. The van der Waals surface area contributed by atoms with Crippen LogP contribution in [0.4, 0.5) is 4.79 Å². The fourth-order valence-corrected chi connectivity index (χ4v) is 4.18. The lowest BCUT2D eigenvalue weighted by Gasteiger charge is -2.13. The zero-order valence-corrected chi connectivity index (χ0v) is 17.3. The van der Waals surface area contributed by atoms with Gasteiger partial charge in [-0.15, -0.1) is 0 Å². The van der Waals surface area contributed by atoms with E-state index in [0.717, 1.165) is 33.6 Å². The van der Waals surface area contributed by atoms with Crippen molar-refractivity contribution >= 4 is 35.0 Å². The number of nitrogens with zero attached hydrogens (tertiary/aromatic N) is 2. The number of rotatable bonds is 5. The molecule has 148 valence electrons. The summed E-state index contributed by atoms with van der Waals surface area (Å²) in [4.78, 5) is 38.0. The summed E-state index contributed by atoms with van der Waals surface area (Å²) >= 11 is 0.902. The number of aromatic nitrogens is 1. The van der Waals surface area contributed by atoms with Crippen LogP contribution < -0.4 is 0 Å². The number of furan rings is 1. The van der Waals surface area contributed by atoms with E-state index in [-0.39, 0.29) is 23.5 Å². The molecular weight excluding hydrogens is 380 g/mol. The first kappa shape index (κ1) is 20.0. The van der Waals surface area contributed by atoms with Gasteiger partial charge in [-0.25, -0.2) is 4.79 Å². The Bertz CT molecular complexity index is 983. The van der Waals surface area contributed by atoms with Crippen molar-refractivity contribution in [2.75, 3.05) is 7.11 Å². The number of hydrogen-bond donors (Lipinski definition) is 0. The van der Waals surface area contributed by atoms with Crippen molar-refractivity contribution in [2.45, 2.75) is 40.3 Å². The molecule has 28 heavy (non-hydrogen) atoms. The molecule has 1 aliphatic rings. The molecule has 2 amide bonds. The van der Waals surface area contributed by atoms with Crippen molar-refractivity contribution in [1.82, 2.24) is 9.47 Å². The topological polar surface area (TPSA) is 81.8 Å². The molecule has 8 heteroatoms. The van der Waals surface area contributed by atoms with E-state index < -0.39 is 5.97 Å². The minimum Gasteiger partial charge on any atom is -0.463 e. The van der Waals surface area contributed by atoms with Gasteiger partial charge in [-0.1, -0.05) is 0 Å². The highest BCUT2D eigenvalue weighted by molar-refractivity contribution is 8.18. The van der Waals surface area contributed by atoms with E-state index in [2.05, 4.69) is 23.2 Å². The van der Waals surface area contributed by atoms with Gasteiger partial charge in [-0.05, 0) is 69.3 Å². The Morgan fingerprint density at radius 1 is 1.29 bits per heavy atom. The molecule has 1 fully saturated rings. The maximum Gasteiger partial charge on any atom is 0.373 e. The normalized spacial score (nSPS) is 15.9. The van der Waals surface area contributed by atoms with E-state index >= 15 is 0 Å². The second-order valence-electron chi connectivity index (χ2n) is 6.82. The molecule has 3 rings (SSSR count). The zero-order chi connectivity index (χ0) is 20.6. The third-order valence-electron chi connectivity index (χ3n) is 4.56. The largest absolute Gasteiger partial charge is 0.463 e. The van der Waals surface area contributed by atoms with Crippen molar-refractivity contribution in [3.8, 4) is 0 Å². The van der Waals surface area contributed by atoms with E-state index in [1.165, 1.54) is 13.2 Å². The minimum atomic E-state index is -0.610. The Morgan fingerprint density at radius 3 is 2.61 bits per heavy atom. The maximum atomic E-state index is 12.7. The van der Waals surface area contributed by atoms with Crippen molar-refractivity contribution in [3.05, 3.63) is 51.6 Å². The van der Waals surface area contributed by atoms with Crippen LogP contribution in [0.3, 0.4) is 0 Å². The lowest BCUT2D eigenvalue weighted by Crippen LogP contribution is -2.27. The molecule has 0 aliphatic carbocycles. The Balaban J connectivity index is 1.82. The average molecular weight is 402 g/mol. The number of amides is 2. The second kappa shape index (κ2) is 7.71. The summed E-state index contributed by atoms with van der Waals surface area (Å²) in [5.41, 5.74) is 3.07. The molecule has 0 atom stereocenters. The van der Waals surface area contributed by atoms with Gasteiger partial charge in [-0.3, -0.25) is 14.5 Å². The predicted octanol–water partition coefficient (Wildman–Crippen LogP) is 4.30. The lowest BCUT2D eigenvalue weighted by atomic mass is 10.2. The number of esters is 1. The molecule has 0 bridgehead atoms. The van der Waals surface area contributed by atoms with Gasteiger partial charge in [0.1, 0.15) is 5.76 Å². The highest BCUT2D eigenvalue weighted by Crippen LogP contribution is 2.34. The minimum absolute atomic E-state index is 0.0288. The SMILES string of the molecule is COC(=O)c1ccc(CN2C(=O)SC(=Cc3cc(C)n(C(C)C)c3C)C2=O)o1. The number of thioether (sulfide) groups is 1. The molecular formula is C20H22N2O5S. The van der Waals surface area contributed by atoms with Crippen LogP contribution in [0.2, 0.25) is 0 Å². The van der Waals surface area contributed by atoms with Crippen molar-refractivity contribution < 1.29 is 23.5 Å². The number of carbonyl (C=O) groups excluding carboxylic acids is 3. The molecule has 1 aliphatic heterocycles. The van der Waals surface area contributed by atoms with Crippen LogP contribution in [0.5, 0.6) is 0 Å². The van der Waals surface area contributed by atoms with Crippen LogP contribution in [-0.2, 0) is 16.1 Å². The Kier molecular flexibility index (Phi) is 5.51. The van der Waals surface area contributed by atoms with Gasteiger partial charge < -0.3 is 13.7 Å². The summed E-state index contributed by atoms with van der Waals surface area (Å²) in [5, 5.41) is -0.370. The second-order valence-corrected chi connectivity index (χ2v) is 7.81. The van der Waals surface area contributed by atoms with Crippen LogP contribution in [-0.4, -0.2) is 33.7 Å². The fourth-order valence-electron chi connectivity index (χ4n) is 3.35. The first-order valence-corrected chi connectivity index (χ1v) is 9.65. The highest BCUT2D eigenvalue weighted by Gasteiger charge is 2.36. The summed E-state index contributed by atoms with van der Waals surface area (Å²) in [6.45, 7) is 8.18. The van der Waals surface area contributed by atoms with Gasteiger partial charge >= 0.3 is 5.97 Å². The summed E-state index contributed by atoms with van der Waals surface area (Å²) in [7, 11) is 1.25. The van der Waals surface area contributed by atoms with Gasteiger partial charge in [0, 0.05) is 17.4 Å². The average Bonchev–Trinajstić information content (AvgIpc) is 3.28. The lowest BCUT2D eigenvalue weighted by molar-refractivity contribution is -0.123. The van der Waals surface area contributed by atoms with Gasteiger partial charge in [-0.2, -0.15) is 0 Å². The van der Waals surface area contributed by atoms with Crippen LogP contribution in [0.1, 0.15) is 53.2 Å². The Morgan fingerprint density at radius 2 is 2.00 bits per heavy atom. The molecule has 0 spiro atoms. The van der Waals surface area contributed by atoms with Crippen LogP contribution >= 0.6 is 11.8 Å². The summed E-state index contributed by atoms with van der Waals surface area (Å²) in [5.74, 6) is -0.621. The van der Waals surface area contributed by atoms with Gasteiger partial charge in [0.05, 0.1) is 18.6 Å². The number of hydrogen-bond acceptors (Lipinski definition) is 6. The van der Waals surface area contributed by atoms with E-state index in [0.29, 0.717) is 16.7 Å².